The number of primary amides is 1. The molecule has 1 amide bonds. The number of hydrogen-bond donors (Lipinski definition) is 2. The van der Waals surface area contributed by atoms with Crippen LogP contribution in [0.5, 0.6) is 0 Å². The van der Waals surface area contributed by atoms with E-state index in [1.54, 1.807) is 0 Å². The molecular weight excluding hydrogens is 212 g/mol. The average Bonchev–Trinajstić information content (AvgIpc) is 2.69. The number of amides is 1. The Morgan fingerprint density at radius 3 is 2.93 bits per heavy atom. The number of nitrogens with two attached hydrogens (primary N) is 2. The molecule has 4 N–H and O–H groups in total. The van der Waals surface area contributed by atoms with Crippen LogP contribution in [0.2, 0.25) is 0 Å². The van der Waals surface area contributed by atoms with Gasteiger partial charge in [-0.05, 0) is 18.6 Å². The van der Waals surface area contributed by atoms with Crippen LogP contribution < -0.4 is 11.5 Å². The van der Waals surface area contributed by atoms with Crippen LogP contribution in [-0.4, -0.2) is 21.6 Å². The summed E-state index contributed by atoms with van der Waals surface area (Å²) >= 11 is 1.82. The first-order valence-electron chi connectivity index (χ1n) is 4.72. The fourth-order valence-corrected chi connectivity index (χ4v) is 2.75. The Bertz CT molecular complexity index is 390. The van der Waals surface area contributed by atoms with Gasteiger partial charge in [0.25, 0.3) is 5.91 Å². The van der Waals surface area contributed by atoms with Gasteiger partial charge in [-0.2, -0.15) is 11.8 Å². The molecule has 0 aromatic carbocycles. The topological polar surface area (TPSA) is 94.9 Å². The fourth-order valence-electron chi connectivity index (χ4n) is 1.54. The normalized spacial score (nSPS) is 20.4. The second-order valence-electron chi connectivity index (χ2n) is 3.39. The minimum atomic E-state index is -0.585. The molecule has 1 unspecified atom stereocenters. The maximum atomic E-state index is 10.9. The van der Waals surface area contributed by atoms with E-state index in [4.69, 9.17) is 11.5 Å². The molecule has 2 heterocycles. The number of nitrogens with zero attached hydrogens (tertiary/aromatic N) is 2. The maximum Gasteiger partial charge on any atom is 0.254 e. The Morgan fingerprint density at radius 2 is 2.40 bits per heavy atom. The first kappa shape index (κ1) is 10.2. The molecule has 0 spiro atoms. The van der Waals surface area contributed by atoms with Crippen molar-refractivity contribution in [2.75, 3.05) is 11.5 Å². The van der Waals surface area contributed by atoms with Gasteiger partial charge in [-0.3, -0.25) is 4.79 Å². The number of anilines is 1. The van der Waals surface area contributed by atoms with Crippen molar-refractivity contribution in [3.8, 4) is 0 Å². The number of hydrogen-bond acceptors (Lipinski definition) is 5. The summed E-state index contributed by atoms with van der Waals surface area (Å²) in [4.78, 5) is 19.2. The molecule has 1 saturated heterocycles. The van der Waals surface area contributed by atoms with Gasteiger partial charge in [-0.15, -0.1) is 0 Å². The van der Waals surface area contributed by atoms with E-state index in [1.165, 1.54) is 12.6 Å². The highest BCUT2D eigenvalue weighted by Gasteiger charge is 2.21. The van der Waals surface area contributed by atoms with Crippen LogP contribution >= 0.6 is 11.8 Å². The van der Waals surface area contributed by atoms with Gasteiger partial charge in [0.05, 0.1) is 10.8 Å². The zero-order valence-corrected chi connectivity index (χ0v) is 8.96. The second-order valence-corrected chi connectivity index (χ2v) is 4.70. The first-order chi connectivity index (χ1) is 7.18. The summed E-state index contributed by atoms with van der Waals surface area (Å²) in [6.07, 6.45) is 3.66. The van der Waals surface area contributed by atoms with Crippen molar-refractivity contribution in [2.24, 2.45) is 5.73 Å². The summed E-state index contributed by atoms with van der Waals surface area (Å²) in [6.45, 7) is 0. The van der Waals surface area contributed by atoms with E-state index < -0.39 is 5.91 Å². The number of nitrogen functional groups attached to an aromatic ring is 1. The third kappa shape index (κ3) is 2.04. The lowest BCUT2D eigenvalue weighted by Gasteiger charge is -2.08. The van der Waals surface area contributed by atoms with Crippen molar-refractivity contribution in [3.63, 3.8) is 0 Å². The van der Waals surface area contributed by atoms with Crippen molar-refractivity contribution in [1.29, 1.82) is 0 Å². The third-order valence-electron chi connectivity index (χ3n) is 2.32. The van der Waals surface area contributed by atoms with Crippen molar-refractivity contribution in [2.45, 2.75) is 18.1 Å². The van der Waals surface area contributed by atoms with Gasteiger partial charge in [-0.25, -0.2) is 9.97 Å². The fraction of sp³-hybridized carbons (Fsp3) is 0.444. The smallest absolute Gasteiger partial charge is 0.254 e. The Labute approximate surface area is 91.7 Å². The monoisotopic (exact) mass is 224 g/mol. The lowest BCUT2D eigenvalue weighted by Crippen LogP contribution is -2.16. The molecule has 0 saturated carbocycles. The number of carbonyl (C=O) groups is 1. The Balaban J connectivity index is 2.28. The first-order valence-corrected chi connectivity index (χ1v) is 5.77. The molecule has 80 valence electrons. The molecule has 0 bridgehead atoms. The van der Waals surface area contributed by atoms with Crippen LogP contribution in [0.25, 0.3) is 0 Å². The minimum Gasteiger partial charge on any atom is -0.383 e. The Kier molecular flexibility index (Phi) is 2.77. The molecule has 1 aromatic heterocycles. The van der Waals surface area contributed by atoms with Gasteiger partial charge in [0.15, 0.2) is 0 Å². The second kappa shape index (κ2) is 4.06. The molecule has 1 fully saturated rings. The molecule has 1 atom stereocenters. The van der Waals surface area contributed by atoms with Crippen LogP contribution in [-0.2, 0) is 0 Å². The average molecular weight is 224 g/mol. The van der Waals surface area contributed by atoms with Gasteiger partial charge in [-0.1, -0.05) is 0 Å². The zero-order chi connectivity index (χ0) is 10.8. The summed E-state index contributed by atoms with van der Waals surface area (Å²) < 4.78 is 0. The van der Waals surface area contributed by atoms with Crippen molar-refractivity contribution >= 4 is 23.5 Å². The molecule has 0 radical (unpaired) electrons. The highest BCUT2D eigenvalue weighted by molar-refractivity contribution is 7.99. The van der Waals surface area contributed by atoms with Gasteiger partial charge in [0.1, 0.15) is 11.6 Å². The van der Waals surface area contributed by atoms with Crippen LogP contribution in [0.1, 0.15) is 34.3 Å². The van der Waals surface area contributed by atoms with Crippen molar-refractivity contribution < 1.29 is 4.79 Å². The predicted molar refractivity (Wildman–Crippen MR) is 59.4 cm³/mol. The Morgan fingerprint density at radius 1 is 1.60 bits per heavy atom. The molecule has 15 heavy (non-hydrogen) atoms. The number of aromatic nitrogens is 2. The SMILES string of the molecule is NC(=O)c1cnc(C2CCCS2)nc1N. The lowest BCUT2D eigenvalue weighted by molar-refractivity contribution is 0.100. The van der Waals surface area contributed by atoms with Crippen molar-refractivity contribution in [1.82, 2.24) is 9.97 Å². The quantitative estimate of drug-likeness (QED) is 0.772. The molecular formula is C9H12N4OS. The maximum absolute atomic E-state index is 10.9. The zero-order valence-electron chi connectivity index (χ0n) is 8.14. The van der Waals surface area contributed by atoms with Gasteiger partial charge in [0, 0.05) is 6.20 Å². The molecule has 2 rings (SSSR count). The minimum absolute atomic E-state index is 0.181. The van der Waals surface area contributed by atoms with Crippen LogP contribution in [0, 0.1) is 0 Å². The van der Waals surface area contributed by atoms with Gasteiger partial charge < -0.3 is 11.5 Å². The van der Waals surface area contributed by atoms with Crippen LogP contribution in [0.3, 0.4) is 0 Å². The summed E-state index contributed by atoms with van der Waals surface area (Å²) in [6, 6.07) is 0. The summed E-state index contributed by atoms with van der Waals surface area (Å²) in [5.41, 5.74) is 10.9. The highest BCUT2D eigenvalue weighted by Crippen LogP contribution is 2.38. The van der Waals surface area contributed by atoms with Crippen LogP contribution in [0.15, 0.2) is 6.20 Å². The Hall–Kier alpha value is -1.30. The molecule has 1 aliphatic heterocycles. The van der Waals surface area contributed by atoms with Gasteiger partial charge >= 0.3 is 0 Å². The van der Waals surface area contributed by atoms with E-state index >= 15 is 0 Å². The van der Waals surface area contributed by atoms with E-state index in [0.717, 1.165) is 12.2 Å². The van der Waals surface area contributed by atoms with E-state index in [2.05, 4.69) is 9.97 Å². The summed E-state index contributed by atoms with van der Waals surface area (Å²) in [5, 5.41) is 0.314. The molecule has 1 aliphatic rings. The molecule has 0 aliphatic carbocycles. The number of thioether (sulfide) groups is 1. The van der Waals surface area contributed by atoms with Crippen LogP contribution in [0.4, 0.5) is 5.82 Å². The predicted octanol–water partition coefficient (Wildman–Crippen LogP) is 0.726. The standard InChI is InChI=1S/C9H12N4OS/c10-7-5(8(11)14)4-12-9(13-7)6-2-1-3-15-6/h4,6H,1-3H2,(H2,11,14)(H2,10,12,13). The largest absolute Gasteiger partial charge is 0.383 e. The number of carbonyl (C=O) groups excluding carboxylic acids is 1. The lowest BCUT2D eigenvalue weighted by atomic mass is 10.2. The van der Waals surface area contributed by atoms with E-state index in [9.17, 15) is 4.79 Å². The summed E-state index contributed by atoms with van der Waals surface area (Å²) in [7, 11) is 0. The van der Waals surface area contributed by atoms with E-state index in [1.807, 2.05) is 11.8 Å². The summed E-state index contributed by atoms with van der Waals surface area (Å²) in [5.74, 6) is 1.43. The van der Waals surface area contributed by atoms with E-state index in [0.29, 0.717) is 11.1 Å². The molecule has 1 aromatic rings. The highest BCUT2D eigenvalue weighted by atomic mass is 32.2. The number of rotatable bonds is 2. The van der Waals surface area contributed by atoms with E-state index in [-0.39, 0.29) is 11.4 Å². The van der Waals surface area contributed by atoms with Crippen molar-refractivity contribution in [3.05, 3.63) is 17.6 Å². The molecule has 6 heteroatoms. The molecule has 5 nitrogen and oxygen atoms in total. The van der Waals surface area contributed by atoms with Gasteiger partial charge in [0.2, 0.25) is 0 Å². The third-order valence-corrected chi connectivity index (χ3v) is 3.69.